The summed E-state index contributed by atoms with van der Waals surface area (Å²) < 4.78 is 5.45. The van der Waals surface area contributed by atoms with Crippen LogP contribution < -0.4 is 0 Å². The maximum absolute atomic E-state index is 12.2. The molecule has 2 atom stereocenters. The Morgan fingerprint density at radius 1 is 1.33 bits per heavy atom. The lowest BCUT2D eigenvalue weighted by Gasteiger charge is -2.38. The molecule has 0 aliphatic carbocycles. The zero-order chi connectivity index (χ0) is 15.5. The van der Waals surface area contributed by atoms with Gasteiger partial charge in [0, 0.05) is 25.6 Å². The van der Waals surface area contributed by atoms with Gasteiger partial charge in [0.1, 0.15) is 5.60 Å². The molecule has 21 heavy (non-hydrogen) atoms. The van der Waals surface area contributed by atoms with Crippen molar-refractivity contribution < 1.29 is 14.6 Å². The smallest absolute Gasteiger partial charge is 0.410 e. The van der Waals surface area contributed by atoms with Gasteiger partial charge in [-0.15, -0.1) is 0 Å². The van der Waals surface area contributed by atoms with E-state index in [1.807, 2.05) is 39.0 Å². The normalized spacial score (nSPS) is 23.0. The van der Waals surface area contributed by atoms with Gasteiger partial charge in [0.25, 0.3) is 0 Å². The molecule has 116 valence electrons. The summed E-state index contributed by atoms with van der Waals surface area (Å²) >= 11 is 0. The van der Waals surface area contributed by atoms with Crippen molar-refractivity contribution in [1.82, 2.24) is 4.90 Å². The lowest BCUT2D eigenvalue weighted by molar-refractivity contribution is 0.0122. The molecular formula is C17H25NO3. The van der Waals surface area contributed by atoms with Crippen LogP contribution in [0.25, 0.3) is 0 Å². The fraction of sp³-hybridized carbons (Fsp3) is 0.588. The summed E-state index contributed by atoms with van der Waals surface area (Å²) in [5, 5.41) is 9.60. The van der Waals surface area contributed by atoms with Crippen molar-refractivity contribution >= 4 is 6.09 Å². The van der Waals surface area contributed by atoms with Gasteiger partial charge in [-0.1, -0.05) is 30.3 Å². The van der Waals surface area contributed by atoms with Crippen LogP contribution in [0, 0.1) is 5.92 Å². The Morgan fingerprint density at radius 3 is 2.57 bits per heavy atom. The minimum absolute atomic E-state index is 0.154. The van der Waals surface area contributed by atoms with E-state index in [-0.39, 0.29) is 24.5 Å². The van der Waals surface area contributed by atoms with E-state index in [2.05, 4.69) is 12.1 Å². The SMILES string of the molecule is CC(C)(C)OC(=O)N1CC[C@@H](CO)[C@H](c2ccccc2)C1. The van der Waals surface area contributed by atoms with Crippen molar-refractivity contribution in [1.29, 1.82) is 0 Å². The van der Waals surface area contributed by atoms with Crippen molar-refractivity contribution in [3.63, 3.8) is 0 Å². The molecule has 4 nitrogen and oxygen atoms in total. The van der Waals surface area contributed by atoms with Gasteiger partial charge in [0.2, 0.25) is 0 Å². The molecule has 1 N–H and O–H groups in total. The number of aliphatic hydroxyl groups is 1. The summed E-state index contributed by atoms with van der Waals surface area (Å²) in [4.78, 5) is 14.0. The first-order valence-corrected chi connectivity index (χ1v) is 7.54. The maximum atomic E-state index is 12.2. The van der Waals surface area contributed by atoms with Crippen molar-refractivity contribution in [3.8, 4) is 0 Å². The first-order valence-electron chi connectivity index (χ1n) is 7.54. The number of ether oxygens (including phenoxy) is 1. The number of piperidine rings is 1. The third-order valence-corrected chi connectivity index (χ3v) is 3.87. The second kappa shape index (κ2) is 6.48. The van der Waals surface area contributed by atoms with E-state index in [1.54, 1.807) is 4.90 Å². The summed E-state index contributed by atoms with van der Waals surface area (Å²) in [5.41, 5.74) is 0.692. The van der Waals surface area contributed by atoms with Gasteiger partial charge in [0.15, 0.2) is 0 Å². The van der Waals surface area contributed by atoms with Crippen LogP contribution in [0.15, 0.2) is 30.3 Å². The molecule has 0 spiro atoms. The van der Waals surface area contributed by atoms with Crippen LogP contribution >= 0.6 is 0 Å². The van der Waals surface area contributed by atoms with Crippen molar-refractivity contribution in [3.05, 3.63) is 35.9 Å². The number of amides is 1. The molecule has 1 saturated heterocycles. The predicted octanol–water partition coefficient (Wildman–Crippen LogP) is 3.02. The molecule has 0 unspecified atom stereocenters. The van der Waals surface area contributed by atoms with Gasteiger partial charge < -0.3 is 14.7 Å². The van der Waals surface area contributed by atoms with Gasteiger partial charge in [-0.2, -0.15) is 0 Å². The molecule has 0 saturated carbocycles. The number of likely N-dealkylation sites (tertiary alicyclic amines) is 1. The quantitative estimate of drug-likeness (QED) is 0.911. The van der Waals surface area contributed by atoms with Crippen LogP contribution in [0.3, 0.4) is 0 Å². The highest BCUT2D eigenvalue weighted by molar-refractivity contribution is 5.68. The van der Waals surface area contributed by atoms with E-state index in [9.17, 15) is 9.90 Å². The Kier molecular flexibility index (Phi) is 4.88. The summed E-state index contributed by atoms with van der Waals surface area (Å²) in [5.74, 6) is 0.364. The summed E-state index contributed by atoms with van der Waals surface area (Å²) in [6.07, 6.45) is 0.537. The van der Waals surface area contributed by atoms with Crippen LogP contribution in [-0.2, 0) is 4.74 Å². The molecule has 0 aromatic heterocycles. The maximum Gasteiger partial charge on any atom is 0.410 e. The average Bonchev–Trinajstić information content (AvgIpc) is 2.45. The Hall–Kier alpha value is -1.55. The zero-order valence-corrected chi connectivity index (χ0v) is 13.1. The highest BCUT2D eigenvalue weighted by Gasteiger charge is 2.33. The molecular weight excluding hydrogens is 266 g/mol. The van der Waals surface area contributed by atoms with Crippen LogP contribution in [-0.4, -0.2) is 41.4 Å². The van der Waals surface area contributed by atoms with Crippen LogP contribution in [0.2, 0.25) is 0 Å². The lowest BCUT2D eigenvalue weighted by atomic mass is 9.81. The molecule has 0 radical (unpaired) electrons. The Labute approximate surface area is 126 Å². The molecule has 1 aromatic carbocycles. The number of rotatable bonds is 2. The first kappa shape index (κ1) is 15.8. The fourth-order valence-electron chi connectivity index (χ4n) is 2.79. The molecule has 1 amide bonds. The van der Waals surface area contributed by atoms with Gasteiger partial charge in [-0.05, 0) is 38.7 Å². The van der Waals surface area contributed by atoms with Crippen molar-refractivity contribution in [2.45, 2.75) is 38.7 Å². The highest BCUT2D eigenvalue weighted by atomic mass is 16.6. The van der Waals surface area contributed by atoms with E-state index in [1.165, 1.54) is 5.56 Å². The minimum Gasteiger partial charge on any atom is -0.444 e. The van der Waals surface area contributed by atoms with Gasteiger partial charge in [0.05, 0.1) is 0 Å². The van der Waals surface area contributed by atoms with Gasteiger partial charge >= 0.3 is 6.09 Å². The summed E-state index contributed by atoms with van der Waals surface area (Å²) in [7, 11) is 0. The zero-order valence-electron chi connectivity index (χ0n) is 13.1. The van der Waals surface area contributed by atoms with Crippen molar-refractivity contribution in [2.24, 2.45) is 5.92 Å². The second-order valence-corrected chi connectivity index (χ2v) is 6.67. The molecule has 1 aromatic rings. The van der Waals surface area contributed by atoms with E-state index >= 15 is 0 Å². The molecule has 1 heterocycles. The van der Waals surface area contributed by atoms with Gasteiger partial charge in [-0.25, -0.2) is 4.79 Å². The van der Waals surface area contributed by atoms with Crippen LogP contribution in [0.1, 0.15) is 38.7 Å². The largest absolute Gasteiger partial charge is 0.444 e. The molecule has 4 heteroatoms. The third-order valence-electron chi connectivity index (χ3n) is 3.87. The molecule has 1 fully saturated rings. The van der Waals surface area contributed by atoms with Crippen LogP contribution in [0.4, 0.5) is 4.79 Å². The monoisotopic (exact) mass is 291 g/mol. The topological polar surface area (TPSA) is 49.8 Å². The average molecular weight is 291 g/mol. The van der Waals surface area contributed by atoms with Crippen molar-refractivity contribution in [2.75, 3.05) is 19.7 Å². The number of hydrogen-bond acceptors (Lipinski definition) is 3. The second-order valence-electron chi connectivity index (χ2n) is 6.67. The number of benzene rings is 1. The highest BCUT2D eigenvalue weighted by Crippen LogP contribution is 2.32. The molecule has 1 aliphatic heterocycles. The Morgan fingerprint density at radius 2 is 2.00 bits per heavy atom. The molecule has 2 rings (SSSR count). The molecule has 0 bridgehead atoms. The number of aliphatic hydroxyl groups excluding tert-OH is 1. The van der Waals surface area contributed by atoms with Crippen LogP contribution in [0.5, 0.6) is 0 Å². The summed E-state index contributed by atoms with van der Waals surface area (Å²) in [6.45, 7) is 7.02. The number of carbonyl (C=O) groups excluding carboxylic acids is 1. The Bertz CT molecular complexity index is 467. The first-order chi connectivity index (χ1) is 9.90. The number of hydrogen-bond donors (Lipinski definition) is 1. The van der Waals surface area contributed by atoms with E-state index in [4.69, 9.17) is 4.74 Å². The lowest BCUT2D eigenvalue weighted by Crippen LogP contribution is -2.45. The third kappa shape index (κ3) is 4.21. The minimum atomic E-state index is -0.479. The van der Waals surface area contributed by atoms with E-state index < -0.39 is 5.60 Å². The number of nitrogens with zero attached hydrogens (tertiary/aromatic N) is 1. The van der Waals surface area contributed by atoms with E-state index in [0.717, 1.165) is 6.42 Å². The summed E-state index contributed by atoms with van der Waals surface area (Å²) in [6, 6.07) is 10.1. The Balaban J connectivity index is 2.10. The van der Waals surface area contributed by atoms with Gasteiger partial charge in [-0.3, -0.25) is 0 Å². The fourth-order valence-corrected chi connectivity index (χ4v) is 2.79. The number of carbonyl (C=O) groups is 1. The molecule has 1 aliphatic rings. The standard InChI is InChI=1S/C17H25NO3/c1-17(2,3)21-16(20)18-10-9-14(12-19)15(11-18)13-7-5-4-6-8-13/h4-8,14-15,19H,9-12H2,1-3H3/t14-,15-/m0/s1. The predicted molar refractivity (Wildman–Crippen MR) is 82.2 cm³/mol. The van der Waals surface area contributed by atoms with E-state index in [0.29, 0.717) is 13.1 Å².